The number of aromatic nitrogens is 2. The van der Waals surface area contributed by atoms with E-state index in [0.717, 1.165) is 47.4 Å². The van der Waals surface area contributed by atoms with Crippen molar-refractivity contribution in [2.45, 2.75) is 6.42 Å². The number of benzene rings is 1. The van der Waals surface area contributed by atoms with Gasteiger partial charge in [-0.05, 0) is 42.3 Å². The van der Waals surface area contributed by atoms with Crippen LogP contribution in [-0.4, -0.2) is 30.2 Å². The first-order valence-electron chi connectivity index (χ1n) is 7.98. The van der Waals surface area contributed by atoms with Crippen LogP contribution in [0, 0.1) is 5.82 Å². The van der Waals surface area contributed by atoms with Gasteiger partial charge < -0.3 is 15.0 Å². The number of methoxy groups -OCH3 is 1. The van der Waals surface area contributed by atoms with Crippen molar-refractivity contribution in [1.29, 1.82) is 0 Å². The first kappa shape index (κ1) is 14.9. The van der Waals surface area contributed by atoms with Gasteiger partial charge in [0.05, 0.1) is 7.11 Å². The fourth-order valence-corrected chi connectivity index (χ4v) is 3.23. The number of fused-ring (bicyclic) bond motifs is 1. The lowest BCUT2D eigenvalue weighted by molar-refractivity contribution is 0.388. The number of nitrogens with zero attached hydrogens (tertiary/aromatic N) is 1. The van der Waals surface area contributed by atoms with Crippen LogP contribution in [0.15, 0.2) is 42.6 Å². The minimum atomic E-state index is -0.364. The van der Waals surface area contributed by atoms with Crippen LogP contribution >= 0.6 is 0 Å². The van der Waals surface area contributed by atoms with Crippen molar-refractivity contribution in [3.05, 3.63) is 54.1 Å². The van der Waals surface area contributed by atoms with Crippen molar-refractivity contribution in [1.82, 2.24) is 15.3 Å². The molecule has 1 aliphatic heterocycles. The smallest absolute Gasteiger partial charge is 0.165 e. The number of ether oxygens (including phenoxy) is 1. The van der Waals surface area contributed by atoms with E-state index < -0.39 is 0 Å². The molecule has 5 heteroatoms. The number of halogens is 1. The van der Waals surface area contributed by atoms with E-state index in [1.54, 1.807) is 12.3 Å². The molecular formula is C19H18FN3O. The summed E-state index contributed by atoms with van der Waals surface area (Å²) in [5.41, 5.74) is 4.79. The molecular weight excluding hydrogens is 305 g/mol. The third kappa shape index (κ3) is 2.47. The zero-order chi connectivity index (χ0) is 16.5. The van der Waals surface area contributed by atoms with Gasteiger partial charge in [0.25, 0.3) is 0 Å². The lowest BCUT2D eigenvalue weighted by Gasteiger charge is -2.12. The topological polar surface area (TPSA) is 49.9 Å². The van der Waals surface area contributed by atoms with Gasteiger partial charge >= 0.3 is 0 Å². The second-order valence-electron chi connectivity index (χ2n) is 5.81. The molecule has 1 aromatic carbocycles. The highest BCUT2D eigenvalue weighted by Crippen LogP contribution is 2.37. The quantitative estimate of drug-likeness (QED) is 0.772. The first-order valence-corrected chi connectivity index (χ1v) is 7.98. The van der Waals surface area contributed by atoms with Gasteiger partial charge in [0.15, 0.2) is 11.6 Å². The van der Waals surface area contributed by atoms with E-state index in [1.807, 2.05) is 12.1 Å². The Morgan fingerprint density at radius 3 is 2.92 bits per heavy atom. The predicted molar refractivity (Wildman–Crippen MR) is 93.5 cm³/mol. The largest absolute Gasteiger partial charge is 0.493 e. The Kier molecular flexibility index (Phi) is 3.78. The number of pyridine rings is 1. The molecule has 0 amide bonds. The zero-order valence-corrected chi connectivity index (χ0v) is 13.4. The van der Waals surface area contributed by atoms with Crippen molar-refractivity contribution in [2.24, 2.45) is 0 Å². The Morgan fingerprint density at radius 1 is 1.21 bits per heavy atom. The average Bonchev–Trinajstić information content (AvgIpc) is 3.06. The molecule has 122 valence electrons. The van der Waals surface area contributed by atoms with E-state index in [9.17, 15) is 4.39 Å². The average molecular weight is 323 g/mol. The zero-order valence-electron chi connectivity index (χ0n) is 13.4. The number of H-pyrrole nitrogens is 1. The van der Waals surface area contributed by atoms with Crippen LogP contribution in [0.1, 0.15) is 12.1 Å². The summed E-state index contributed by atoms with van der Waals surface area (Å²) in [6, 6.07) is 8.96. The van der Waals surface area contributed by atoms with Crippen molar-refractivity contribution >= 4 is 16.6 Å². The predicted octanol–water partition coefficient (Wildman–Crippen LogP) is 3.75. The van der Waals surface area contributed by atoms with E-state index in [1.165, 1.54) is 18.7 Å². The Hall–Kier alpha value is -2.66. The monoisotopic (exact) mass is 323 g/mol. The summed E-state index contributed by atoms with van der Waals surface area (Å²) in [6.07, 6.45) is 4.90. The molecule has 0 atom stereocenters. The molecule has 0 saturated carbocycles. The fourth-order valence-electron chi connectivity index (χ4n) is 3.23. The fraction of sp³-hybridized carbons (Fsp3) is 0.211. The first-order chi connectivity index (χ1) is 11.8. The number of hydrogen-bond acceptors (Lipinski definition) is 3. The molecule has 24 heavy (non-hydrogen) atoms. The number of rotatable bonds is 3. The molecule has 2 aromatic heterocycles. The van der Waals surface area contributed by atoms with Crippen LogP contribution in [0.3, 0.4) is 0 Å². The summed E-state index contributed by atoms with van der Waals surface area (Å²) in [6.45, 7) is 1.85. The van der Waals surface area contributed by atoms with Gasteiger partial charge in [0.1, 0.15) is 5.65 Å². The molecule has 0 spiro atoms. The molecule has 4 nitrogen and oxygen atoms in total. The number of aromatic amines is 1. The number of nitrogens with one attached hydrogen (secondary N) is 2. The molecule has 2 N–H and O–H groups in total. The van der Waals surface area contributed by atoms with Crippen LogP contribution in [-0.2, 0) is 0 Å². The van der Waals surface area contributed by atoms with Gasteiger partial charge in [-0.25, -0.2) is 9.37 Å². The Bertz CT molecular complexity index is 930. The lowest BCUT2D eigenvalue weighted by Crippen LogP contribution is -2.20. The minimum Gasteiger partial charge on any atom is -0.493 e. The molecule has 3 aromatic rings. The molecule has 0 bridgehead atoms. The highest BCUT2D eigenvalue weighted by molar-refractivity contribution is 5.96. The van der Waals surface area contributed by atoms with Crippen molar-refractivity contribution < 1.29 is 9.13 Å². The molecule has 0 unspecified atom stereocenters. The van der Waals surface area contributed by atoms with Crippen LogP contribution in [0.5, 0.6) is 5.75 Å². The van der Waals surface area contributed by atoms with Gasteiger partial charge in [-0.2, -0.15) is 0 Å². The molecule has 3 heterocycles. The van der Waals surface area contributed by atoms with Gasteiger partial charge in [-0.1, -0.05) is 18.2 Å². The Balaban J connectivity index is 1.89. The third-order valence-electron chi connectivity index (χ3n) is 4.40. The maximum atomic E-state index is 14.1. The normalized spacial score (nSPS) is 14.7. The van der Waals surface area contributed by atoms with Crippen molar-refractivity contribution in [3.8, 4) is 16.9 Å². The summed E-state index contributed by atoms with van der Waals surface area (Å²) >= 11 is 0. The van der Waals surface area contributed by atoms with Gasteiger partial charge in [0.2, 0.25) is 0 Å². The second kappa shape index (κ2) is 6.09. The van der Waals surface area contributed by atoms with E-state index in [0.29, 0.717) is 0 Å². The number of hydrogen-bond donors (Lipinski definition) is 2. The summed E-state index contributed by atoms with van der Waals surface area (Å²) in [7, 11) is 1.49. The summed E-state index contributed by atoms with van der Waals surface area (Å²) in [5.74, 6) is -0.106. The van der Waals surface area contributed by atoms with Crippen LogP contribution in [0.25, 0.3) is 27.7 Å². The minimum absolute atomic E-state index is 0.258. The number of para-hydroxylation sites is 1. The van der Waals surface area contributed by atoms with E-state index in [2.05, 4.69) is 27.4 Å². The molecule has 0 saturated heterocycles. The highest BCUT2D eigenvalue weighted by Gasteiger charge is 2.16. The molecule has 1 aliphatic rings. The third-order valence-corrected chi connectivity index (χ3v) is 4.40. The SMILES string of the molecule is COc1c(F)cccc1-c1ccnc2[nH]c(C3=CCNCC3)cc12. The second-order valence-corrected chi connectivity index (χ2v) is 5.81. The van der Waals surface area contributed by atoms with E-state index in [-0.39, 0.29) is 11.6 Å². The summed E-state index contributed by atoms with van der Waals surface area (Å²) < 4.78 is 19.3. The van der Waals surface area contributed by atoms with Gasteiger partial charge in [-0.3, -0.25) is 0 Å². The lowest BCUT2D eigenvalue weighted by atomic mass is 10.0. The van der Waals surface area contributed by atoms with Gasteiger partial charge in [-0.15, -0.1) is 0 Å². The maximum Gasteiger partial charge on any atom is 0.165 e. The van der Waals surface area contributed by atoms with Gasteiger partial charge in [0, 0.05) is 29.4 Å². The van der Waals surface area contributed by atoms with Crippen molar-refractivity contribution in [2.75, 3.05) is 20.2 Å². The molecule has 4 rings (SSSR count). The summed E-state index contributed by atoms with van der Waals surface area (Å²) in [4.78, 5) is 7.81. The molecule has 0 radical (unpaired) electrons. The van der Waals surface area contributed by atoms with Crippen LogP contribution < -0.4 is 10.1 Å². The van der Waals surface area contributed by atoms with Crippen LogP contribution in [0.2, 0.25) is 0 Å². The Morgan fingerprint density at radius 2 is 2.12 bits per heavy atom. The van der Waals surface area contributed by atoms with Crippen molar-refractivity contribution in [3.63, 3.8) is 0 Å². The standard InChI is InChI=1S/C19H18FN3O/c1-24-18-14(3-2-4-16(18)20)13-7-10-22-19-15(13)11-17(23-19)12-5-8-21-9-6-12/h2-5,7,10-11,21H,6,8-9H2,1H3,(H,22,23). The Labute approximate surface area is 139 Å². The van der Waals surface area contributed by atoms with Crippen LogP contribution in [0.4, 0.5) is 4.39 Å². The van der Waals surface area contributed by atoms with E-state index in [4.69, 9.17) is 4.74 Å². The van der Waals surface area contributed by atoms with E-state index >= 15 is 0 Å². The summed E-state index contributed by atoms with van der Waals surface area (Å²) in [5, 5.41) is 4.28. The molecule has 0 fully saturated rings. The molecule has 0 aliphatic carbocycles. The highest BCUT2D eigenvalue weighted by atomic mass is 19.1. The maximum absolute atomic E-state index is 14.1.